The van der Waals surface area contributed by atoms with Crippen LogP contribution in [0.1, 0.15) is 40.1 Å². The van der Waals surface area contributed by atoms with Crippen molar-refractivity contribution in [3.05, 3.63) is 58.1 Å². The molecule has 0 aliphatic carbocycles. The van der Waals surface area contributed by atoms with Crippen molar-refractivity contribution in [2.24, 2.45) is 5.73 Å². The number of carbonyl (C=O) groups excluding carboxylic acids is 1. The molecule has 2 atom stereocenters. The topological polar surface area (TPSA) is 67.6 Å². The van der Waals surface area contributed by atoms with Crippen molar-refractivity contribution in [3.63, 3.8) is 0 Å². The molecule has 24 heavy (non-hydrogen) atoms. The van der Waals surface area contributed by atoms with Crippen LogP contribution in [-0.4, -0.2) is 19.6 Å². The summed E-state index contributed by atoms with van der Waals surface area (Å²) in [6.07, 6.45) is 0.555. The van der Waals surface area contributed by atoms with Gasteiger partial charge in [-0.25, -0.2) is 0 Å². The van der Waals surface area contributed by atoms with Crippen LogP contribution in [0.3, 0.4) is 0 Å². The normalized spacial score (nSPS) is 22.0. The first-order valence-corrected chi connectivity index (χ1v) is 8.27. The van der Waals surface area contributed by atoms with E-state index >= 15 is 0 Å². The maximum Gasteiger partial charge on any atom is 0.255 e. The highest BCUT2D eigenvalue weighted by Gasteiger charge is 2.38. The minimum absolute atomic E-state index is 0.103. The summed E-state index contributed by atoms with van der Waals surface area (Å²) < 4.78 is 5.21. The van der Waals surface area contributed by atoms with Gasteiger partial charge in [-0.05, 0) is 36.2 Å². The van der Waals surface area contributed by atoms with E-state index in [0.717, 1.165) is 35.5 Å². The van der Waals surface area contributed by atoms with Gasteiger partial charge in [0.25, 0.3) is 5.91 Å². The first kappa shape index (κ1) is 15.3. The Balaban J connectivity index is 1.83. The quantitative estimate of drug-likeness (QED) is 0.879. The van der Waals surface area contributed by atoms with Crippen LogP contribution in [0.25, 0.3) is 0 Å². The lowest BCUT2D eigenvalue weighted by molar-refractivity contribution is 0.0925. The largest absolute Gasteiger partial charge is 0.497 e. The molecule has 2 aromatic rings. The van der Waals surface area contributed by atoms with Crippen LogP contribution in [0.2, 0.25) is 5.02 Å². The van der Waals surface area contributed by atoms with Crippen LogP contribution in [-0.2, 0) is 0 Å². The molecule has 4 rings (SSSR count). The van der Waals surface area contributed by atoms with Crippen molar-refractivity contribution in [3.8, 4) is 5.75 Å². The number of hydrogen-bond acceptors (Lipinski definition) is 4. The Kier molecular flexibility index (Phi) is 3.62. The molecule has 0 unspecified atom stereocenters. The monoisotopic (exact) mass is 343 g/mol. The molecular weight excluding hydrogens is 326 g/mol. The molecule has 2 aliphatic heterocycles. The predicted octanol–water partition coefficient (Wildman–Crippen LogP) is 3.00. The second kappa shape index (κ2) is 5.69. The molecule has 0 aromatic heterocycles. The van der Waals surface area contributed by atoms with Crippen molar-refractivity contribution in [1.29, 1.82) is 0 Å². The summed E-state index contributed by atoms with van der Waals surface area (Å²) >= 11 is 6.38. The number of anilines is 1. The van der Waals surface area contributed by atoms with E-state index in [-0.39, 0.29) is 18.1 Å². The Morgan fingerprint density at radius 1 is 1.25 bits per heavy atom. The number of amides is 1. The highest BCUT2D eigenvalue weighted by atomic mass is 35.5. The van der Waals surface area contributed by atoms with Gasteiger partial charge in [-0.15, -0.1) is 0 Å². The number of rotatable bonds is 2. The summed E-state index contributed by atoms with van der Waals surface area (Å²) in [6.45, 7) is 0.762. The Bertz CT molecular complexity index is 807. The molecule has 2 aliphatic rings. The number of benzene rings is 2. The van der Waals surface area contributed by atoms with Crippen molar-refractivity contribution in [1.82, 2.24) is 5.32 Å². The lowest BCUT2D eigenvalue weighted by Crippen LogP contribution is -2.49. The number of methoxy groups -OCH3 is 1. The maximum atomic E-state index is 12.6. The molecule has 0 saturated carbocycles. The van der Waals surface area contributed by atoms with E-state index in [1.807, 2.05) is 24.3 Å². The Labute approximate surface area is 145 Å². The second-order valence-corrected chi connectivity index (χ2v) is 6.50. The van der Waals surface area contributed by atoms with Gasteiger partial charge in [-0.2, -0.15) is 0 Å². The summed E-state index contributed by atoms with van der Waals surface area (Å²) in [7, 11) is 1.63. The van der Waals surface area contributed by atoms with Crippen LogP contribution in [0.15, 0.2) is 36.4 Å². The number of nitrogens with one attached hydrogen (secondary N) is 1. The highest BCUT2D eigenvalue weighted by molar-refractivity contribution is 6.32. The Hall–Kier alpha value is -2.24. The predicted molar refractivity (Wildman–Crippen MR) is 93.5 cm³/mol. The van der Waals surface area contributed by atoms with Gasteiger partial charge in [0, 0.05) is 23.2 Å². The van der Waals surface area contributed by atoms with Crippen LogP contribution in [0.4, 0.5) is 5.69 Å². The Morgan fingerprint density at radius 2 is 2.00 bits per heavy atom. The van der Waals surface area contributed by atoms with Gasteiger partial charge in [0.05, 0.1) is 18.4 Å². The van der Waals surface area contributed by atoms with E-state index in [4.69, 9.17) is 22.1 Å². The zero-order chi connectivity index (χ0) is 16.8. The van der Waals surface area contributed by atoms with Gasteiger partial charge in [0.15, 0.2) is 0 Å². The fourth-order valence-electron chi connectivity index (χ4n) is 3.55. The molecule has 3 N–H and O–H groups in total. The first-order chi connectivity index (χ1) is 11.6. The standard InChI is InChI=1S/C18H18ClN3O2/c1-24-11-4-2-10(3-5-11)17-21-18(23)12-6-7-13(19)15-14(20)8-9-22(17)16(12)15/h2-7,14,17H,8-9,20H2,1H3,(H,21,23)/t14-,17+/m1/s1. The number of hydrogen-bond donors (Lipinski definition) is 2. The van der Waals surface area contributed by atoms with Crippen molar-refractivity contribution < 1.29 is 9.53 Å². The van der Waals surface area contributed by atoms with Crippen molar-refractivity contribution in [2.75, 3.05) is 18.6 Å². The molecule has 6 heteroatoms. The summed E-state index contributed by atoms with van der Waals surface area (Å²) in [6, 6.07) is 11.1. The minimum atomic E-state index is -0.236. The number of halogens is 1. The van der Waals surface area contributed by atoms with Crippen LogP contribution >= 0.6 is 11.6 Å². The van der Waals surface area contributed by atoms with E-state index in [9.17, 15) is 4.79 Å². The van der Waals surface area contributed by atoms with Gasteiger partial charge >= 0.3 is 0 Å². The highest BCUT2D eigenvalue weighted by Crippen LogP contribution is 2.45. The lowest BCUT2D eigenvalue weighted by atomic mass is 9.90. The van der Waals surface area contributed by atoms with Gasteiger partial charge in [-0.1, -0.05) is 23.7 Å². The van der Waals surface area contributed by atoms with Crippen molar-refractivity contribution >= 4 is 23.2 Å². The molecule has 124 valence electrons. The zero-order valence-electron chi connectivity index (χ0n) is 13.3. The number of carbonyl (C=O) groups is 1. The summed E-state index contributed by atoms with van der Waals surface area (Å²) in [5.41, 5.74) is 9.63. The molecule has 0 saturated heterocycles. The van der Waals surface area contributed by atoms with E-state index < -0.39 is 0 Å². The minimum Gasteiger partial charge on any atom is -0.497 e. The number of nitrogens with two attached hydrogens (primary N) is 1. The third kappa shape index (κ3) is 2.24. The van der Waals surface area contributed by atoms with Gasteiger partial charge in [-0.3, -0.25) is 4.79 Å². The summed E-state index contributed by atoms with van der Waals surface area (Å²) in [5, 5.41) is 3.70. The van der Waals surface area contributed by atoms with E-state index in [1.54, 1.807) is 19.2 Å². The van der Waals surface area contributed by atoms with Gasteiger partial charge in [0.2, 0.25) is 0 Å². The van der Waals surface area contributed by atoms with Crippen LogP contribution in [0.5, 0.6) is 5.75 Å². The molecule has 0 bridgehead atoms. The smallest absolute Gasteiger partial charge is 0.255 e. The number of ether oxygens (including phenoxy) is 1. The fourth-order valence-corrected chi connectivity index (χ4v) is 3.84. The Morgan fingerprint density at radius 3 is 2.71 bits per heavy atom. The second-order valence-electron chi connectivity index (χ2n) is 6.09. The molecule has 0 fully saturated rings. The van der Waals surface area contributed by atoms with Crippen LogP contribution in [0, 0.1) is 0 Å². The average Bonchev–Trinajstić information content (AvgIpc) is 2.60. The molecule has 0 spiro atoms. The molecular formula is C18H18ClN3O2. The molecule has 2 aromatic carbocycles. The molecule has 1 amide bonds. The summed E-state index contributed by atoms with van der Waals surface area (Å²) in [5.74, 6) is 0.680. The van der Waals surface area contributed by atoms with E-state index in [2.05, 4.69) is 10.2 Å². The fraction of sp³-hybridized carbons (Fsp3) is 0.278. The van der Waals surface area contributed by atoms with Crippen molar-refractivity contribution in [2.45, 2.75) is 18.6 Å². The van der Waals surface area contributed by atoms with Crippen LogP contribution < -0.4 is 20.7 Å². The third-order valence-electron chi connectivity index (χ3n) is 4.76. The first-order valence-electron chi connectivity index (χ1n) is 7.89. The third-order valence-corrected chi connectivity index (χ3v) is 5.09. The SMILES string of the molecule is COc1ccc([C@H]2NC(=O)c3ccc(Cl)c4c3N2CC[C@H]4N)cc1. The van der Waals surface area contributed by atoms with E-state index in [0.29, 0.717) is 10.6 Å². The molecule has 0 radical (unpaired) electrons. The molecule has 2 heterocycles. The average molecular weight is 344 g/mol. The van der Waals surface area contributed by atoms with Gasteiger partial charge in [0.1, 0.15) is 11.9 Å². The lowest BCUT2D eigenvalue weighted by Gasteiger charge is -2.44. The maximum absolute atomic E-state index is 12.6. The summed E-state index contributed by atoms with van der Waals surface area (Å²) in [4.78, 5) is 14.8. The molecule has 5 nitrogen and oxygen atoms in total. The van der Waals surface area contributed by atoms with E-state index in [1.165, 1.54) is 0 Å². The number of nitrogens with zero attached hydrogens (tertiary/aromatic N) is 1. The van der Waals surface area contributed by atoms with Gasteiger partial charge < -0.3 is 20.7 Å². The zero-order valence-corrected chi connectivity index (χ0v) is 14.0.